The van der Waals surface area contributed by atoms with Crippen LogP contribution in [0.4, 0.5) is 4.79 Å². The van der Waals surface area contributed by atoms with E-state index in [1.807, 2.05) is 12.1 Å². The zero-order chi connectivity index (χ0) is 17.4. The van der Waals surface area contributed by atoms with Crippen molar-refractivity contribution in [3.63, 3.8) is 0 Å². The van der Waals surface area contributed by atoms with Gasteiger partial charge in [-0.2, -0.15) is 0 Å². The number of likely N-dealkylation sites (tertiary alicyclic amines) is 1. The summed E-state index contributed by atoms with van der Waals surface area (Å²) < 4.78 is 11.4. The highest BCUT2D eigenvalue weighted by atomic mass is 16.5. The third kappa shape index (κ3) is 3.06. The number of hydrogen-bond donors (Lipinski definition) is 2. The van der Waals surface area contributed by atoms with Crippen molar-refractivity contribution in [1.29, 1.82) is 0 Å². The molecule has 4 rings (SSSR count). The molecule has 0 spiro atoms. The average molecular weight is 347 g/mol. The largest absolute Gasteiger partial charge is 0.468 e. The summed E-state index contributed by atoms with van der Waals surface area (Å²) in [5.74, 6) is 1.38. The molecule has 6 heteroatoms. The molecule has 0 aromatic carbocycles. The third-order valence-electron chi connectivity index (χ3n) is 6.30. The number of hydrogen-bond acceptors (Lipinski definition) is 4. The van der Waals surface area contributed by atoms with E-state index in [0.29, 0.717) is 18.6 Å². The van der Waals surface area contributed by atoms with Gasteiger partial charge in [0, 0.05) is 30.5 Å². The first-order valence-electron chi connectivity index (χ1n) is 9.51. The fourth-order valence-corrected chi connectivity index (χ4v) is 4.94. The molecule has 2 aliphatic heterocycles. The normalized spacial score (nSPS) is 32.0. The monoisotopic (exact) mass is 347 g/mol. The molecule has 0 bridgehead atoms. The van der Waals surface area contributed by atoms with Gasteiger partial charge in [0.25, 0.3) is 0 Å². The molecule has 1 aromatic heterocycles. The Morgan fingerprint density at radius 1 is 1.40 bits per heavy atom. The summed E-state index contributed by atoms with van der Waals surface area (Å²) in [6.45, 7) is 7.86. The van der Waals surface area contributed by atoms with Gasteiger partial charge in [-0.1, -0.05) is 13.8 Å². The first kappa shape index (κ1) is 16.9. The van der Waals surface area contributed by atoms with E-state index in [0.717, 1.165) is 31.9 Å². The van der Waals surface area contributed by atoms with Crippen LogP contribution >= 0.6 is 0 Å². The third-order valence-corrected chi connectivity index (χ3v) is 6.30. The molecule has 138 valence electrons. The predicted molar refractivity (Wildman–Crippen MR) is 94.2 cm³/mol. The van der Waals surface area contributed by atoms with E-state index < -0.39 is 0 Å². The van der Waals surface area contributed by atoms with Crippen molar-refractivity contribution < 1.29 is 13.9 Å². The lowest BCUT2D eigenvalue weighted by Crippen LogP contribution is -2.67. The molecule has 6 nitrogen and oxygen atoms in total. The molecular formula is C19H29N3O3. The van der Waals surface area contributed by atoms with Crippen molar-refractivity contribution in [2.45, 2.75) is 51.3 Å². The molecule has 2 N–H and O–H groups in total. The molecule has 2 amide bonds. The second-order valence-electron chi connectivity index (χ2n) is 8.17. The molecule has 1 saturated carbocycles. The van der Waals surface area contributed by atoms with Crippen LogP contribution < -0.4 is 10.6 Å². The molecule has 3 heterocycles. The number of ether oxygens (including phenoxy) is 1. The molecule has 25 heavy (non-hydrogen) atoms. The van der Waals surface area contributed by atoms with Crippen LogP contribution in [0, 0.1) is 11.3 Å². The first-order chi connectivity index (χ1) is 12.1. The smallest absolute Gasteiger partial charge is 0.315 e. The molecule has 0 radical (unpaired) electrons. The highest BCUT2D eigenvalue weighted by molar-refractivity contribution is 5.74. The lowest BCUT2D eigenvalue weighted by Gasteiger charge is -2.54. The Bertz CT molecular complexity index is 595. The van der Waals surface area contributed by atoms with Crippen molar-refractivity contribution in [3.05, 3.63) is 24.2 Å². The summed E-state index contributed by atoms with van der Waals surface area (Å²) in [4.78, 5) is 14.9. The number of furan rings is 1. The highest BCUT2D eigenvalue weighted by Crippen LogP contribution is 2.52. The molecule has 3 fully saturated rings. The van der Waals surface area contributed by atoms with Crippen LogP contribution in [0.3, 0.4) is 0 Å². The number of carbonyl (C=O) groups is 1. The number of nitrogens with zero attached hydrogens (tertiary/aromatic N) is 1. The van der Waals surface area contributed by atoms with Gasteiger partial charge in [-0.25, -0.2) is 4.79 Å². The van der Waals surface area contributed by atoms with Gasteiger partial charge in [0.1, 0.15) is 5.76 Å². The van der Waals surface area contributed by atoms with E-state index in [9.17, 15) is 4.79 Å². The van der Waals surface area contributed by atoms with Gasteiger partial charge in [-0.15, -0.1) is 0 Å². The van der Waals surface area contributed by atoms with Gasteiger partial charge in [-0.3, -0.25) is 4.90 Å². The summed E-state index contributed by atoms with van der Waals surface area (Å²) in [7, 11) is 0. The SMILES string of the molecule is CC1(C)[C@H](NC(=O)NC[C@H](c2ccco2)N2CCCC2)[C@@H]2CCO[C@H]21. The van der Waals surface area contributed by atoms with Gasteiger partial charge >= 0.3 is 6.03 Å². The minimum absolute atomic E-state index is 0.00781. The summed E-state index contributed by atoms with van der Waals surface area (Å²) in [6.07, 6.45) is 5.46. The zero-order valence-corrected chi connectivity index (χ0v) is 15.2. The minimum atomic E-state index is -0.0841. The van der Waals surface area contributed by atoms with Crippen molar-refractivity contribution >= 4 is 6.03 Å². The highest BCUT2D eigenvalue weighted by Gasteiger charge is 2.59. The van der Waals surface area contributed by atoms with Crippen LogP contribution in [0.1, 0.15) is 44.9 Å². The Balaban J connectivity index is 1.34. The van der Waals surface area contributed by atoms with Crippen LogP contribution in [0.25, 0.3) is 0 Å². The number of rotatable bonds is 5. The predicted octanol–water partition coefficient (Wildman–Crippen LogP) is 2.53. The van der Waals surface area contributed by atoms with Crippen LogP contribution in [0.5, 0.6) is 0 Å². The van der Waals surface area contributed by atoms with Crippen LogP contribution in [0.15, 0.2) is 22.8 Å². The van der Waals surface area contributed by atoms with E-state index in [1.165, 1.54) is 12.8 Å². The quantitative estimate of drug-likeness (QED) is 0.859. The van der Waals surface area contributed by atoms with E-state index >= 15 is 0 Å². The Kier molecular flexibility index (Phi) is 4.50. The number of fused-ring (bicyclic) bond motifs is 1. The molecule has 4 atom stereocenters. The molecule has 3 aliphatic rings. The Hall–Kier alpha value is -1.53. The second kappa shape index (κ2) is 6.65. The molecule has 0 unspecified atom stereocenters. The van der Waals surface area contributed by atoms with Crippen molar-refractivity contribution in [2.75, 3.05) is 26.2 Å². The van der Waals surface area contributed by atoms with Crippen molar-refractivity contribution in [2.24, 2.45) is 11.3 Å². The van der Waals surface area contributed by atoms with Crippen molar-refractivity contribution in [1.82, 2.24) is 15.5 Å². The van der Waals surface area contributed by atoms with E-state index in [4.69, 9.17) is 9.15 Å². The van der Waals surface area contributed by atoms with E-state index in [-0.39, 0.29) is 23.5 Å². The van der Waals surface area contributed by atoms with Gasteiger partial charge in [-0.05, 0) is 44.5 Å². The average Bonchev–Trinajstić information content (AvgIpc) is 3.33. The van der Waals surface area contributed by atoms with Gasteiger partial charge in [0.2, 0.25) is 0 Å². The minimum Gasteiger partial charge on any atom is -0.468 e. The Labute approximate surface area is 149 Å². The molecule has 1 aliphatic carbocycles. The number of carbonyl (C=O) groups excluding carboxylic acids is 1. The molecular weight excluding hydrogens is 318 g/mol. The maximum Gasteiger partial charge on any atom is 0.315 e. The van der Waals surface area contributed by atoms with Crippen LogP contribution in [-0.2, 0) is 4.74 Å². The van der Waals surface area contributed by atoms with Gasteiger partial charge in [0.05, 0.1) is 18.4 Å². The van der Waals surface area contributed by atoms with Gasteiger partial charge in [0.15, 0.2) is 0 Å². The first-order valence-corrected chi connectivity index (χ1v) is 9.51. The topological polar surface area (TPSA) is 66.7 Å². The zero-order valence-electron chi connectivity index (χ0n) is 15.2. The lowest BCUT2D eigenvalue weighted by atomic mass is 9.57. The maximum absolute atomic E-state index is 12.5. The number of nitrogens with one attached hydrogen (secondary N) is 2. The van der Waals surface area contributed by atoms with E-state index in [2.05, 4.69) is 29.4 Å². The fourth-order valence-electron chi connectivity index (χ4n) is 4.94. The van der Waals surface area contributed by atoms with Gasteiger partial charge < -0.3 is 19.8 Å². The summed E-state index contributed by atoms with van der Waals surface area (Å²) in [5, 5.41) is 6.26. The Morgan fingerprint density at radius 2 is 2.20 bits per heavy atom. The van der Waals surface area contributed by atoms with Crippen LogP contribution in [-0.4, -0.2) is 49.3 Å². The van der Waals surface area contributed by atoms with Crippen LogP contribution in [0.2, 0.25) is 0 Å². The molecule has 2 saturated heterocycles. The standard InChI is InChI=1S/C19H29N3O3/c1-19(2)16(13-7-11-25-17(13)19)21-18(23)20-12-14(15-6-5-10-24-15)22-8-3-4-9-22/h5-6,10,13-14,16-17H,3-4,7-9,11-12H2,1-2H3,(H2,20,21,23)/t13-,14+,16+,17+/m0/s1. The second-order valence-corrected chi connectivity index (χ2v) is 8.17. The lowest BCUT2D eigenvalue weighted by molar-refractivity contribution is -0.108. The summed E-state index contributed by atoms with van der Waals surface area (Å²) in [5.41, 5.74) is 0.00781. The number of amides is 2. The molecule has 1 aromatic rings. The Morgan fingerprint density at radius 3 is 2.92 bits per heavy atom. The fraction of sp³-hybridized carbons (Fsp3) is 0.737. The summed E-state index contributed by atoms with van der Waals surface area (Å²) >= 11 is 0. The van der Waals surface area contributed by atoms with E-state index in [1.54, 1.807) is 6.26 Å². The number of urea groups is 1. The van der Waals surface area contributed by atoms with Crippen molar-refractivity contribution in [3.8, 4) is 0 Å². The summed E-state index contributed by atoms with van der Waals surface area (Å²) in [6, 6.07) is 4.13. The maximum atomic E-state index is 12.5.